The fourth-order valence-corrected chi connectivity index (χ4v) is 2.18. The number of methoxy groups -OCH3 is 1. The molecule has 0 heterocycles. The van der Waals surface area contributed by atoms with Crippen molar-refractivity contribution < 1.29 is 9.53 Å². The lowest BCUT2D eigenvalue weighted by atomic mass is 9.98. The molecule has 0 saturated carbocycles. The summed E-state index contributed by atoms with van der Waals surface area (Å²) in [6, 6.07) is 3.60. The van der Waals surface area contributed by atoms with Gasteiger partial charge in [-0.25, -0.2) is 0 Å². The van der Waals surface area contributed by atoms with Gasteiger partial charge in [0.05, 0.1) is 18.1 Å². The molecular weight excluding hydrogens is 270 g/mol. The molecule has 0 unspecified atom stereocenters. The van der Waals surface area contributed by atoms with E-state index in [1.807, 2.05) is 6.07 Å². The summed E-state index contributed by atoms with van der Waals surface area (Å²) in [5, 5.41) is 0. The third-order valence-electron chi connectivity index (χ3n) is 2.41. The number of rotatable bonds is 4. The standard InChI is InChI=1S/C12H16BrNO2/c1-7(2)9-4-8(11(15)6-14)5-10(13)12(9)16-3/h4-5,7H,6,14H2,1-3H3. The van der Waals surface area contributed by atoms with Crippen LogP contribution in [0.2, 0.25) is 0 Å². The van der Waals surface area contributed by atoms with E-state index in [1.165, 1.54) is 0 Å². The van der Waals surface area contributed by atoms with Crippen molar-refractivity contribution in [3.8, 4) is 5.75 Å². The third-order valence-corrected chi connectivity index (χ3v) is 2.99. The van der Waals surface area contributed by atoms with Gasteiger partial charge in [0.25, 0.3) is 0 Å². The minimum absolute atomic E-state index is 0.0241. The predicted octanol–water partition coefficient (Wildman–Crippen LogP) is 2.72. The van der Waals surface area contributed by atoms with Crippen LogP contribution in [0.1, 0.15) is 35.7 Å². The topological polar surface area (TPSA) is 52.3 Å². The fourth-order valence-electron chi connectivity index (χ4n) is 1.54. The third kappa shape index (κ3) is 2.62. The highest BCUT2D eigenvalue weighted by molar-refractivity contribution is 9.10. The van der Waals surface area contributed by atoms with Crippen LogP contribution in [0, 0.1) is 0 Å². The van der Waals surface area contributed by atoms with Crippen molar-refractivity contribution in [2.24, 2.45) is 5.73 Å². The number of carbonyl (C=O) groups is 1. The van der Waals surface area contributed by atoms with Crippen LogP contribution in [-0.4, -0.2) is 19.4 Å². The van der Waals surface area contributed by atoms with Gasteiger partial charge in [0, 0.05) is 5.56 Å². The van der Waals surface area contributed by atoms with E-state index in [0.29, 0.717) is 5.56 Å². The van der Waals surface area contributed by atoms with Crippen LogP contribution in [0.3, 0.4) is 0 Å². The number of ether oxygens (including phenoxy) is 1. The maximum absolute atomic E-state index is 11.6. The molecule has 0 amide bonds. The molecule has 16 heavy (non-hydrogen) atoms. The molecule has 0 aliphatic rings. The molecule has 0 bridgehead atoms. The highest BCUT2D eigenvalue weighted by Crippen LogP contribution is 2.35. The van der Waals surface area contributed by atoms with Gasteiger partial charge in [0.15, 0.2) is 5.78 Å². The van der Waals surface area contributed by atoms with E-state index in [2.05, 4.69) is 29.8 Å². The minimum Gasteiger partial charge on any atom is -0.495 e. The molecule has 3 nitrogen and oxygen atoms in total. The zero-order chi connectivity index (χ0) is 12.3. The Hall–Kier alpha value is -0.870. The van der Waals surface area contributed by atoms with Gasteiger partial charge < -0.3 is 10.5 Å². The van der Waals surface area contributed by atoms with Gasteiger partial charge in [0.1, 0.15) is 5.75 Å². The minimum atomic E-state index is -0.0646. The van der Waals surface area contributed by atoms with E-state index in [9.17, 15) is 4.79 Å². The normalized spacial score (nSPS) is 10.6. The Labute approximate surface area is 104 Å². The van der Waals surface area contributed by atoms with Gasteiger partial charge >= 0.3 is 0 Å². The van der Waals surface area contributed by atoms with Crippen LogP contribution < -0.4 is 10.5 Å². The lowest BCUT2D eigenvalue weighted by molar-refractivity contribution is 0.100. The van der Waals surface area contributed by atoms with Crippen LogP contribution in [0.4, 0.5) is 0 Å². The van der Waals surface area contributed by atoms with Gasteiger partial charge in [-0.15, -0.1) is 0 Å². The molecule has 0 aliphatic heterocycles. The Kier molecular flexibility index (Phi) is 4.50. The summed E-state index contributed by atoms with van der Waals surface area (Å²) in [7, 11) is 1.62. The molecule has 1 aromatic rings. The average molecular weight is 286 g/mol. The molecular formula is C12H16BrNO2. The number of carbonyl (C=O) groups excluding carboxylic acids is 1. The summed E-state index contributed by atoms with van der Waals surface area (Å²) < 4.78 is 6.11. The van der Waals surface area contributed by atoms with Crippen molar-refractivity contribution in [3.63, 3.8) is 0 Å². The number of benzene rings is 1. The average Bonchev–Trinajstić information content (AvgIpc) is 2.26. The van der Waals surface area contributed by atoms with Crippen LogP contribution in [0.5, 0.6) is 5.75 Å². The number of hydrogen-bond acceptors (Lipinski definition) is 3. The summed E-state index contributed by atoms with van der Waals surface area (Å²) in [5.74, 6) is 1.01. The smallest absolute Gasteiger partial charge is 0.176 e. The van der Waals surface area contributed by atoms with E-state index in [1.54, 1.807) is 13.2 Å². The molecule has 0 fully saturated rings. The Bertz CT molecular complexity index is 402. The van der Waals surface area contributed by atoms with Gasteiger partial charge in [0.2, 0.25) is 0 Å². The van der Waals surface area contributed by atoms with Crippen molar-refractivity contribution in [3.05, 3.63) is 27.7 Å². The summed E-state index contributed by atoms with van der Waals surface area (Å²) in [4.78, 5) is 11.6. The van der Waals surface area contributed by atoms with Gasteiger partial charge in [-0.2, -0.15) is 0 Å². The predicted molar refractivity (Wildman–Crippen MR) is 68.2 cm³/mol. The molecule has 0 radical (unpaired) electrons. The van der Waals surface area contributed by atoms with Crippen molar-refractivity contribution >= 4 is 21.7 Å². The largest absolute Gasteiger partial charge is 0.495 e. The first kappa shape index (κ1) is 13.2. The number of Topliss-reactive ketones (excluding diaryl/α,β-unsaturated/α-hetero) is 1. The van der Waals surface area contributed by atoms with Crippen molar-refractivity contribution in [1.82, 2.24) is 0 Å². The molecule has 0 aromatic heterocycles. The molecule has 88 valence electrons. The fraction of sp³-hybridized carbons (Fsp3) is 0.417. The number of nitrogens with two attached hydrogens (primary N) is 1. The molecule has 0 saturated heterocycles. The molecule has 1 rings (SSSR count). The maximum atomic E-state index is 11.6. The Morgan fingerprint density at radius 2 is 2.12 bits per heavy atom. The molecule has 0 aliphatic carbocycles. The Balaban J connectivity index is 3.33. The summed E-state index contributed by atoms with van der Waals surface area (Å²) >= 11 is 3.41. The number of hydrogen-bond donors (Lipinski definition) is 1. The monoisotopic (exact) mass is 285 g/mol. The SMILES string of the molecule is COc1c(Br)cc(C(=O)CN)cc1C(C)C. The molecule has 1 aromatic carbocycles. The molecule has 0 atom stereocenters. The van der Waals surface area contributed by atoms with Crippen LogP contribution in [0.15, 0.2) is 16.6 Å². The second-order valence-electron chi connectivity index (χ2n) is 3.86. The highest BCUT2D eigenvalue weighted by Gasteiger charge is 2.15. The van der Waals surface area contributed by atoms with E-state index in [0.717, 1.165) is 15.8 Å². The van der Waals surface area contributed by atoms with Crippen LogP contribution in [-0.2, 0) is 0 Å². The first-order valence-corrected chi connectivity index (χ1v) is 5.91. The van der Waals surface area contributed by atoms with E-state index < -0.39 is 0 Å². The summed E-state index contributed by atoms with van der Waals surface area (Å²) in [6.07, 6.45) is 0. The zero-order valence-electron chi connectivity index (χ0n) is 9.71. The second-order valence-corrected chi connectivity index (χ2v) is 4.72. The quantitative estimate of drug-likeness (QED) is 0.866. The Morgan fingerprint density at radius 3 is 2.56 bits per heavy atom. The maximum Gasteiger partial charge on any atom is 0.176 e. The number of ketones is 1. The van der Waals surface area contributed by atoms with Crippen LogP contribution in [0.25, 0.3) is 0 Å². The molecule has 4 heteroatoms. The van der Waals surface area contributed by atoms with Gasteiger partial charge in [-0.1, -0.05) is 13.8 Å². The van der Waals surface area contributed by atoms with Crippen molar-refractivity contribution in [2.75, 3.05) is 13.7 Å². The first-order valence-electron chi connectivity index (χ1n) is 5.12. The highest BCUT2D eigenvalue weighted by atomic mass is 79.9. The second kappa shape index (κ2) is 5.46. The molecule has 0 spiro atoms. The van der Waals surface area contributed by atoms with E-state index in [-0.39, 0.29) is 18.2 Å². The van der Waals surface area contributed by atoms with Gasteiger partial charge in [-0.05, 0) is 39.5 Å². The van der Waals surface area contributed by atoms with Crippen LogP contribution >= 0.6 is 15.9 Å². The number of halogens is 1. The lowest BCUT2D eigenvalue weighted by Crippen LogP contribution is -2.14. The van der Waals surface area contributed by atoms with E-state index >= 15 is 0 Å². The molecule has 2 N–H and O–H groups in total. The Morgan fingerprint density at radius 1 is 1.50 bits per heavy atom. The van der Waals surface area contributed by atoms with Gasteiger partial charge in [-0.3, -0.25) is 4.79 Å². The zero-order valence-corrected chi connectivity index (χ0v) is 11.3. The summed E-state index contributed by atoms with van der Waals surface area (Å²) in [5.41, 5.74) is 6.99. The summed E-state index contributed by atoms with van der Waals surface area (Å²) in [6.45, 7) is 4.14. The van der Waals surface area contributed by atoms with Crippen molar-refractivity contribution in [1.29, 1.82) is 0 Å². The van der Waals surface area contributed by atoms with Crippen molar-refractivity contribution in [2.45, 2.75) is 19.8 Å². The first-order chi connectivity index (χ1) is 7.51. The van der Waals surface area contributed by atoms with E-state index in [4.69, 9.17) is 10.5 Å². The lowest BCUT2D eigenvalue weighted by Gasteiger charge is -2.15.